The van der Waals surface area contributed by atoms with Crippen LogP contribution in [0.2, 0.25) is 0 Å². The van der Waals surface area contributed by atoms with E-state index in [0.717, 1.165) is 52.1 Å². The molecule has 0 N–H and O–H groups in total. The monoisotopic (exact) mass is 482 g/mol. The number of hydrogen-bond acceptors (Lipinski definition) is 9. The van der Waals surface area contributed by atoms with Crippen molar-refractivity contribution in [2.24, 2.45) is 17.3 Å². The quantitative estimate of drug-likeness (QED) is 0.136. The van der Waals surface area contributed by atoms with Crippen molar-refractivity contribution < 1.29 is 42.9 Å². The van der Waals surface area contributed by atoms with Crippen LogP contribution >= 0.6 is 0 Å². The lowest BCUT2D eigenvalue weighted by molar-refractivity contribution is -0.179. The highest BCUT2D eigenvalue weighted by molar-refractivity contribution is 6.15. The number of rotatable bonds is 12. The lowest BCUT2D eigenvalue weighted by atomic mass is 9.73. The molecule has 1 aliphatic carbocycles. The lowest BCUT2D eigenvalue weighted by Crippen LogP contribution is -2.45. The third-order valence-corrected chi connectivity index (χ3v) is 6.68. The van der Waals surface area contributed by atoms with Gasteiger partial charge >= 0.3 is 17.9 Å². The van der Waals surface area contributed by atoms with Crippen LogP contribution < -0.4 is 0 Å². The molecule has 3 unspecified atom stereocenters. The van der Waals surface area contributed by atoms with Crippen LogP contribution in [0.1, 0.15) is 64.7 Å². The van der Waals surface area contributed by atoms with Gasteiger partial charge in [-0.2, -0.15) is 0 Å². The first-order valence-electron chi connectivity index (χ1n) is 12.1. The summed E-state index contributed by atoms with van der Waals surface area (Å²) in [6.07, 6.45) is 9.04. The van der Waals surface area contributed by atoms with E-state index < -0.39 is 47.4 Å². The Hall–Kier alpha value is -2.26. The number of unbranched alkanes of at least 4 members (excludes halogenated alkanes) is 2. The summed E-state index contributed by atoms with van der Waals surface area (Å²) in [5.74, 6) is -4.99. The zero-order valence-corrected chi connectivity index (χ0v) is 20.7. The number of allylic oxidation sites excluding steroid dienone is 1. The van der Waals surface area contributed by atoms with Gasteiger partial charge < -0.3 is 23.7 Å². The van der Waals surface area contributed by atoms with Crippen LogP contribution in [0.5, 0.6) is 0 Å². The molecule has 9 nitrogen and oxygen atoms in total. The van der Waals surface area contributed by atoms with Crippen LogP contribution in [0.4, 0.5) is 0 Å². The van der Waals surface area contributed by atoms with Crippen molar-refractivity contribution in [1.29, 1.82) is 0 Å². The van der Waals surface area contributed by atoms with Gasteiger partial charge in [-0.25, -0.2) is 0 Å². The van der Waals surface area contributed by atoms with E-state index in [9.17, 15) is 19.2 Å². The Balaban J connectivity index is 2.36. The topological polar surface area (TPSA) is 114 Å². The molecule has 0 radical (unpaired) electrons. The molecule has 1 saturated heterocycles. The minimum atomic E-state index is -1.87. The average Bonchev–Trinajstić information content (AvgIpc) is 3.13. The molecule has 2 rings (SSSR count). The highest BCUT2D eigenvalue weighted by Crippen LogP contribution is 2.48. The van der Waals surface area contributed by atoms with E-state index in [1.165, 1.54) is 14.2 Å². The van der Waals surface area contributed by atoms with E-state index >= 15 is 0 Å². The van der Waals surface area contributed by atoms with Crippen molar-refractivity contribution in [2.75, 3.05) is 27.9 Å². The van der Waals surface area contributed by atoms with Crippen LogP contribution in [-0.2, 0) is 42.9 Å². The predicted octanol–water partition coefficient (Wildman–Crippen LogP) is 3.14. The maximum Gasteiger partial charge on any atom is 0.320 e. The molecule has 0 aromatic rings. The summed E-state index contributed by atoms with van der Waals surface area (Å²) in [6, 6.07) is 0. The Bertz CT molecular complexity index is 741. The molecule has 2 aliphatic rings. The SMILES string of the molecule is CCCCCC(C=C[C@H]1C[C@H](C(=O)OC)C(=O)C1(CC(=O)OC)C(=O)OC)OC1CCCCO1. The first kappa shape index (κ1) is 28.0. The van der Waals surface area contributed by atoms with E-state index in [0.29, 0.717) is 6.61 Å². The first-order valence-corrected chi connectivity index (χ1v) is 12.1. The molecule has 5 atom stereocenters. The van der Waals surface area contributed by atoms with Gasteiger partial charge in [0.25, 0.3) is 0 Å². The summed E-state index contributed by atoms with van der Waals surface area (Å²) in [6.45, 7) is 2.77. The molecular formula is C25H38O9. The molecule has 34 heavy (non-hydrogen) atoms. The van der Waals surface area contributed by atoms with Gasteiger partial charge in [0.15, 0.2) is 12.1 Å². The Kier molecular flexibility index (Phi) is 11.2. The first-order chi connectivity index (χ1) is 16.3. The molecule has 0 spiro atoms. The number of carbonyl (C=O) groups excluding carboxylic acids is 4. The Labute approximate surface area is 201 Å². The Morgan fingerprint density at radius 3 is 2.47 bits per heavy atom. The number of hydrogen-bond donors (Lipinski definition) is 0. The van der Waals surface area contributed by atoms with Crippen LogP contribution in [0.15, 0.2) is 12.2 Å². The molecule has 192 valence electrons. The molecule has 0 amide bonds. The molecule has 0 bridgehead atoms. The predicted molar refractivity (Wildman–Crippen MR) is 121 cm³/mol. The molecule has 1 aliphatic heterocycles. The van der Waals surface area contributed by atoms with Crippen molar-refractivity contribution in [3.8, 4) is 0 Å². The van der Waals surface area contributed by atoms with E-state index in [-0.39, 0.29) is 18.8 Å². The number of esters is 3. The zero-order valence-electron chi connectivity index (χ0n) is 20.7. The highest BCUT2D eigenvalue weighted by atomic mass is 16.7. The summed E-state index contributed by atoms with van der Waals surface area (Å²) in [5, 5.41) is 0. The smallest absolute Gasteiger partial charge is 0.320 e. The van der Waals surface area contributed by atoms with E-state index in [2.05, 4.69) is 6.92 Å². The standard InChI is InChI=1S/C25H38O9/c1-5-6-7-10-18(34-21-11-8-9-14-33-21)13-12-17-15-19(23(28)31-3)22(27)25(17,24(29)32-4)16-20(26)30-2/h12-13,17-19,21H,5-11,14-16H2,1-4H3/t17-,18?,19-,21?,25?/m0/s1. The second-order valence-corrected chi connectivity index (χ2v) is 8.85. The summed E-state index contributed by atoms with van der Waals surface area (Å²) >= 11 is 0. The third-order valence-electron chi connectivity index (χ3n) is 6.68. The highest BCUT2D eigenvalue weighted by Gasteiger charge is 2.62. The van der Waals surface area contributed by atoms with Gasteiger partial charge in [0, 0.05) is 12.5 Å². The van der Waals surface area contributed by atoms with E-state index in [4.69, 9.17) is 23.7 Å². The molecular weight excluding hydrogens is 444 g/mol. The minimum Gasteiger partial charge on any atom is -0.469 e. The molecule has 9 heteroatoms. The third kappa shape index (κ3) is 6.66. The van der Waals surface area contributed by atoms with E-state index in [1.54, 1.807) is 6.08 Å². The van der Waals surface area contributed by atoms with Crippen LogP contribution in [0, 0.1) is 17.3 Å². The number of carbonyl (C=O) groups is 4. The molecule has 1 heterocycles. The number of ketones is 1. The summed E-state index contributed by atoms with van der Waals surface area (Å²) in [7, 11) is 3.51. The fraction of sp³-hybridized carbons (Fsp3) is 0.760. The van der Waals surface area contributed by atoms with Crippen LogP contribution in [-0.4, -0.2) is 64.0 Å². The van der Waals surface area contributed by atoms with Gasteiger partial charge in [-0.15, -0.1) is 0 Å². The zero-order chi connectivity index (χ0) is 25.1. The largest absolute Gasteiger partial charge is 0.469 e. The van der Waals surface area contributed by atoms with Gasteiger partial charge in [-0.05, 0) is 32.1 Å². The fourth-order valence-corrected chi connectivity index (χ4v) is 4.75. The Morgan fingerprint density at radius 1 is 1.12 bits per heavy atom. The maximum absolute atomic E-state index is 13.4. The normalized spacial score (nSPS) is 28.0. The van der Waals surface area contributed by atoms with Gasteiger partial charge in [0.05, 0.1) is 33.9 Å². The van der Waals surface area contributed by atoms with Crippen molar-refractivity contribution >= 4 is 23.7 Å². The van der Waals surface area contributed by atoms with Crippen molar-refractivity contribution in [3.05, 3.63) is 12.2 Å². The van der Waals surface area contributed by atoms with Gasteiger partial charge in [-0.1, -0.05) is 38.3 Å². The summed E-state index contributed by atoms with van der Waals surface area (Å²) in [4.78, 5) is 50.9. The molecule has 2 fully saturated rings. The number of Topliss-reactive ketones (excluding diaryl/α,β-unsaturated/α-hetero) is 1. The Morgan fingerprint density at radius 2 is 1.88 bits per heavy atom. The number of methoxy groups -OCH3 is 3. The second kappa shape index (κ2) is 13.6. The average molecular weight is 483 g/mol. The summed E-state index contributed by atoms with van der Waals surface area (Å²) in [5.41, 5.74) is -1.87. The van der Waals surface area contributed by atoms with E-state index in [1.807, 2.05) is 6.08 Å². The van der Waals surface area contributed by atoms with Crippen LogP contribution in [0.3, 0.4) is 0 Å². The lowest BCUT2D eigenvalue weighted by Gasteiger charge is -2.29. The van der Waals surface area contributed by atoms with Gasteiger partial charge in [-0.3, -0.25) is 19.2 Å². The van der Waals surface area contributed by atoms with Gasteiger partial charge in [0.2, 0.25) is 0 Å². The number of ether oxygens (including phenoxy) is 5. The second-order valence-electron chi connectivity index (χ2n) is 8.85. The van der Waals surface area contributed by atoms with Crippen LogP contribution in [0.25, 0.3) is 0 Å². The van der Waals surface area contributed by atoms with Crippen molar-refractivity contribution in [1.82, 2.24) is 0 Å². The molecule has 0 aromatic carbocycles. The van der Waals surface area contributed by atoms with Gasteiger partial charge in [0.1, 0.15) is 11.3 Å². The summed E-state index contributed by atoms with van der Waals surface area (Å²) < 4.78 is 26.4. The molecule has 1 saturated carbocycles. The molecule has 0 aromatic heterocycles. The van der Waals surface area contributed by atoms with Crippen molar-refractivity contribution in [3.63, 3.8) is 0 Å². The minimum absolute atomic E-state index is 0.0235. The fourth-order valence-electron chi connectivity index (χ4n) is 4.75. The van der Waals surface area contributed by atoms with Crippen molar-refractivity contribution in [2.45, 2.75) is 77.1 Å². The maximum atomic E-state index is 13.4.